The van der Waals surface area contributed by atoms with Crippen LogP contribution in [0, 0.1) is 0 Å². The van der Waals surface area contributed by atoms with Gasteiger partial charge in [-0.3, -0.25) is 4.68 Å². The van der Waals surface area contributed by atoms with Gasteiger partial charge in [0, 0.05) is 18.7 Å². The summed E-state index contributed by atoms with van der Waals surface area (Å²) in [6, 6.07) is 6.34. The lowest BCUT2D eigenvalue weighted by Gasteiger charge is -2.15. The largest absolute Gasteiger partial charge is 0.448 e. The van der Waals surface area contributed by atoms with Gasteiger partial charge in [0.25, 0.3) is 0 Å². The number of hydrogen-bond acceptors (Lipinski definition) is 3. The highest BCUT2D eigenvalue weighted by molar-refractivity contribution is 6.28. The number of rotatable bonds is 8. The molecular weight excluding hydrogens is 286 g/mol. The Kier molecular flexibility index (Phi) is 5.88. The summed E-state index contributed by atoms with van der Waals surface area (Å²) in [5, 5.41) is 8.59. The van der Waals surface area contributed by atoms with E-state index >= 15 is 0 Å². The van der Waals surface area contributed by atoms with Crippen LogP contribution in [0.25, 0.3) is 0 Å². The Bertz CT molecular complexity index is 549. The lowest BCUT2D eigenvalue weighted by molar-refractivity contribution is 0.405. The van der Waals surface area contributed by atoms with Crippen LogP contribution in [0.4, 0.5) is 0 Å². The Balaban J connectivity index is 2.09. The Morgan fingerprint density at radius 2 is 2.14 bits per heavy atom. The predicted octanol–water partition coefficient (Wildman–Crippen LogP) is 4.38. The molecule has 2 aromatic rings. The molecule has 0 radical (unpaired) electrons. The second-order valence-corrected chi connectivity index (χ2v) is 5.77. The minimum Gasteiger partial charge on any atom is -0.448 e. The number of aromatic nitrogens is 2. The van der Waals surface area contributed by atoms with Gasteiger partial charge in [0.2, 0.25) is 0 Å². The zero-order valence-electron chi connectivity index (χ0n) is 13.0. The molecule has 21 heavy (non-hydrogen) atoms. The van der Waals surface area contributed by atoms with E-state index in [1.807, 2.05) is 10.7 Å². The van der Waals surface area contributed by atoms with Crippen LogP contribution in [0.3, 0.4) is 0 Å². The lowest BCUT2D eigenvalue weighted by atomic mass is 10.1. The number of nitrogens with zero attached hydrogens (tertiary/aromatic N) is 2. The maximum Gasteiger partial charge on any atom is 0.193 e. The molecule has 1 N–H and O–H groups in total. The molecule has 0 aliphatic heterocycles. The summed E-state index contributed by atoms with van der Waals surface area (Å²) in [5.74, 6) is 0.867. The summed E-state index contributed by atoms with van der Waals surface area (Å²) in [7, 11) is 0. The van der Waals surface area contributed by atoms with Gasteiger partial charge in [-0.2, -0.15) is 5.10 Å². The second kappa shape index (κ2) is 7.66. The molecule has 2 heterocycles. The molecule has 2 aromatic heterocycles. The number of hydrogen-bond donors (Lipinski definition) is 1. The van der Waals surface area contributed by atoms with Crippen molar-refractivity contribution in [3.63, 3.8) is 0 Å². The summed E-state index contributed by atoms with van der Waals surface area (Å²) < 4.78 is 7.59. The third-order valence-corrected chi connectivity index (χ3v) is 3.90. The van der Waals surface area contributed by atoms with Gasteiger partial charge >= 0.3 is 0 Å². The number of furan rings is 1. The van der Waals surface area contributed by atoms with Crippen LogP contribution >= 0.6 is 11.6 Å². The fourth-order valence-corrected chi connectivity index (χ4v) is 2.39. The summed E-state index contributed by atoms with van der Waals surface area (Å²) in [6.07, 6.45) is 5.00. The van der Waals surface area contributed by atoms with Crippen molar-refractivity contribution >= 4 is 11.6 Å². The zero-order chi connectivity index (χ0) is 15.2. The van der Waals surface area contributed by atoms with Crippen LogP contribution < -0.4 is 5.32 Å². The minimum atomic E-state index is 0.109. The Labute approximate surface area is 131 Å². The first-order valence-electron chi connectivity index (χ1n) is 7.66. The predicted molar refractivity (Wildman–Crippen MR) is 85.7 cm³/mol. The highest BCUT2D eigenvalue weighted by Gasteiger charge is 2.17. The molecule has 0 bridgehead atoms. The molecule has 4 nitrogen and oxygen atoms in total. The van der Waals surface area contributed by atoms with Crippen molar-refractivity contribution in [3.8, 4) is 0 Å². The van der Waals surface area contributed by atoms with E-state index in [1.54, 1.807) is 6.07 Å². The van der Waals surface area contributed by atoms with E-state index in [0.29, 0.717) is 11.3 Å². The molecule has 0 aliphatic rings. The second-order valence-electron chi connectivity index (χ2n) is 5.40. The number of nitrogens with one attached hydrogen (secondary N) is 1. The van der Waals surface area contributed by atoms with Gasteiger partial charge in [0.05, 0.1) is 11.7 Å². The van der Waals surface area contributed by atoms with Crippen LogP contribution in [0.2, 0.25) is 5.22 Å². The van der Waals surface area contributed by atoms with Crippen molar-refractivity contribution in [2.45, 2.75) is 52.1 Å². The van der Waals surface area contributed by atoms with E-state index in [9.17, 15) is 0 Å². The standard InChI is InChI=1S/C16H24ClN3O/c1-4-9-18-14(15-6-7-16(17)21-15)11-13-8-10-20(19-13)12(3)5-2/h6-8,10,12,14,18H,4-5,9,11H2,1-3H3. The Hall–Kier alpha value is -1.26. The highest BCUT2D eigenvalue weighted by Crippen LogP contribution is 2.23. The lowest BCUT2D eigenvalue weighted by Crippen LogP contribution is -2.24. The van der Waals surface area contributed by atoms with E-state index < -0.39 is 0 Å². The fourth-order valence-electron chi connectivity index (χ4n) is 2.24. The molecule has 2 unspecified atom stereocenters. The van der Waals surface area contributed by atoms with Gasteiger partial charge in [0.1, 0.15) is 5.76 Å². The smallest absolute Gasteiger partial charge is 0.193 e. The van der Waals surface area contributed by atoms with E-state index in [4.69, 9.17) is 16.0 Å². The van der Waals surface area contributed by atoms with E-state index in [0.717, 1.165) is 37.3 Å². The minimum absolute atomic E-state index is 0.109. The first kappa shape index (κ1) is 16.1. The first-order valence-corrected chi connectivity index (χ1v) is 8.04. The van der Waals surface area contributed by atoms with Crippen molar-refractivity contribution in [2.24, 2.45) is 0 Å². The van der Waals surface area contributed by atoms with Crippen LogP contribution in [0.1, 0.15) is 57.2 Å². The topological polar surface area (TPSA) is 43.0 Å². The van der Waals surface area contributed by atoms with Gasteiger partial charge in [-0.25, -0.2) is 0 Å². The molecule has 5 heteroatoms. The normalized spacial score (nSPS) is 14.3. The van der Waals surface area contributed by atoms with Crippen molar-refractivity contribution in [3.05, 3.63) is 41.1 Å². The molecule has 0 fully saturated rings. The van der Waals surface area contributed by atoms with Crippen molar-refractivity contribution < 1.29 is 4.42 Å². The summed E-state index contributed by atoms with van der Waals surface area (Å²) in [4.78, 5) is 0. The van der Waals surface area contributed by atoms with Crippen LogP contribution in [-0.2, 0) is 6.42 Å². The third kappa shape index (κ3) is 4.35. The molecule has 0 saturated carbocycles. The van der Waals surface area contributed by atoms with Crippen LogP contribution in [0.5, 0.6) is 0 Å². The van der Waals surface area contributed by atoms with E-state index in [1.165, 1.54) is 0 Å². The Morgan fingerprint density at radius 3 is 2.76 bits per heavy atom. The fraction of sp³-hybridized carbons (Fsp3) is 0.562. The molecule has 0 amide bonds. The van der Waals surface area contributed by atoms with Gasteiger partial charge in [0.15, 0.2) is 5.22 Å². The SMILES string of the molecule is CCCNC(Cc1ccn(C(C)CC)n1)c1ccc(Cl)o1. The zero-order valence-corrected chi connectivity index (χ0v) is 13.7. The summed E-state index contributed by atoms with van der Waals surface area (Å²) in [6.45, 7) is 7.43. The molecule has 0 aromatic carbocycles. The maximum absolute atomic E-state index is 5.89. The maximum atomic E-state index is 5.89. The van der Waals surface area contributed by atoms with Crippen molar-refractivity contribution in [2.75, 3.05) is 6.54 Å². The van der Waals surface area contributed by atoms with Crippen LogP contribution in [-0.4, -0.2) is 16.3 Å². The van der Waals surface area contributed by atoms with E-state index in [-0.39, 0.29) is 6.04 Å². The van der Waals surface area contributed by atoms with Gasteiger partial charge in [-0.1, -0.05) is 13.8 Å². The molecular formula is C16H24ClN3O. The van der Waals surface area contributed by atoms with Gasteiger partial charge < -0.3 is 9.73 Å². The van der Waals surface area contributed by atoms with Crippen LogP contribution in [0.15, 0.2) is 28.8 Å². The highest BCUT2D eigenvalue weighted by atomic mass is 35.5. The molecule has 0 saturated heterocycles. The third-order valence-electron chi connectivity index (χ3n) is 3.70. The molecule has 2 atom stereocenters. The molecule has 0 aliphatic carbocycles. The molecule has 0 spiro atoms. The molecule has 116 valence electrons. The number of halogens is 1. The van der Waals surface area contributed by atoms with Crippen molar-refractivity contribution in [1.29, 1.82) is 0 Å². The van der Waals surface area contributed by atoms with Crippen molar-refractivity contribution in [1.82, 2.24) is 15.1 Å². The quantitative estimate of drug-likeness (QED) is 0.786. The van der Waals surface area contributed by atoms with Gasteiger partial charge in [-0.05, 0) is 56.1 Å². The van der Waals surface area contributed by atoms with Gasteiger partial charge in [-0.15, -0.1) is 0 Å². The average Bonchev–Trinajstić information content (AvgIpc) is 3.11. The Morgan fingerprint density at radius 1 is 1.33 bits per heavy atom. The summed E-state index contributed by atoms with van der Waals surface area (Å²) >= 11 is 5.89. The van der Waals surface area contributed by atoms with E-state index in [2.05, 4.69) is 43.4 Å². The average molecular weight is 310 g/mol. The monoisotopic (exact) mass is 309 g/mol. The summed E-state index contributed by atoms with van der Waals surface area (Å²) in [5.41, 5.74) is 1.07. The first-order chi connectivity index (χ1) is 10.1. The molecule has 2 rings (SSSR count).